The largest absolute Gasteiger partial charge is 0.305 e. The minimum absolute atomic E-state index is 0.326. The molecule has 0 spiro atoms. The summed E-state index contributed by atoms with van der Waals surface area (Å²) in [6.07, 6.45) is 3.41. The number of hydrogen-bond acceptors (Lipinski definition) is 4. The molecular formula is C15H16FN3O2. The maximum absolute atomic E-state index is 14.1. The van der Waals surface area contributed by atoms with Crippen molar-refractivity contribution in [3.63, 3.8) is 0 Å². The van der Waals surface area contributed by atoms with Crippen LogP contribution < -0.4 is 0 Å². The lowest BCUT2D eigenvalue weighted by Gasteiger charge is -2.20. The van der Waals surface area contributed by atoms with Crippen LogP contribution >= 0.6 is 0 Å². The summed E-state index contributed by atoms with van der Waals surface area (Å²) in [4.78, 5) is 16.0. The van der Waals surface area contributed by atoms with Crippen LogP contribution in [-0.2, 0) is 13.1 Å². The zero-order chi connectivity index (χ0) is 15.2. The quantitative estimate of drug-likeness (QED) is 0.605. The van der Waals surface area contributed by atoms with E-state index in [1.54, 1.807) is 18.5 Å². The van der Waals surface area contributed by atoms with Gasteiger partial charge in [-0.1, -0.05) is 19.1 Å². The van der Waals surface area contributed by atoms with Crippen LogP contribution in [0.1, 0.15) is 18.1 Å². The summed E-state index contributed by atoms with van der Waals surface area (Å²) in [5.74, 6) is -0.754. The van der Waals surface area contributed by atoms with E-state index >= 15 is 0 Å². The number of benzene rings is 1. The molecule has 0 bridgehead atoms. The number of halogens is 1. The van der Waals surface area contributed by atoms with Gasteiger partial charge in [0.15, 0.2) is 0 Å². The first-order valence-electron chi connectivity index (χ1n) is 6.65. The minimum atomic E-state index is -0.754. The van der Waals surface area contributed by atoms with E-state index in [4.69, 9.17) is 0 Å². The number of pyridine rings is 1. The zero-order valence-electron chi connectivity index (χ0n) is 11.7. The van der Waals surface area contributed by atoms with Crippen LogP contribution in [0.2, 0.25) is 0 Å². The highest BCUT2D eigenvalue weighted by Crippen LogP contribution is 2.21. The summed E-state index contributed by atoms with van der Waals surface area (Å²) in [5.41, 5.74) is 0.922. The van der Waals surface area contributed by atoms with Gasteiger partial charge >= 0.3 is 5.69 Å². The highest BCUT2D eigenvalue weighted by Gasteiger charge is 2.18. The van der Waals surface area contributed by atoms with Crippen LogP contribution in [0.25, 0.3) is 0 Å². The summed E-state index contributed by atoms with van der Waals surface area (Å²) >= 11 is 0. The molecule has 1 aromatic heterocycles. The lowest BCUT2D eigenvalue weighted by atomic mass is 10.1. The van der Waals surface area contributed by atoms with E-state index in [2.05, 4.69) is 4.98 Å². The molecule has 0 amide bonds. The molecule has 110 valence electrons. The van der Waals surface area contributed by atoms with Crippen LogP contribution in [-0.4, -0.2) is 21.4 Å². The fourth-order valence-corrected chi connectivity index (χ4v) is 2.10. The molecule has 1 aromatic carbocycles. The molecule has 0 saturated heterocycles. The Morgan fingerprint density at radius 3 is 2.57 bits per heavy atom. The lowest BCUT2D eigenvalue weighted by molar-refractivity contribution is -0.387. The molecule has 6 heteroatoms. The molecule has 2 aromatic rings. The highest BCUT2D eigenvalue weighted by atomic mass is 19.1. The molecule has 0 aliphatic carbocycles. The van der Waals surface area contributed by atoms with Crippen molar-refractivity contribution in [1.82, 2.24) is 9.88 Å². The van der Waals surface area contributed by atoms with Crippen molar-refractivity contribution >= 4 is 5.69 Å². The Morgan fingerprint density at radius 2 is 1.95 bits per heavy atom. The summed E-state index contributed by atoms with van der Waals surface area (Å²) < 4.78 is 14.1. The Kier molecular flexibility index (Phi) is 4.94. The van der Waals surface area contributed by atoms with Crippen LogP contribution in [0.3, 0.4) is 0 Å². The Bertz CT molecular complexity index is 620. The summed E-state index contributed by atoms with van der Waals surface area (Å²) in [6.45, 7) is 3.65. The maximum atomic E-state index is 14.1. The molecule has 5 nitrogen and oxygen atoms in total. The van der Waals surface area contributed by atoms with Crippen molar-refractivity contribution in [3.8, 4) is 0 Å². The van der Waals surface area contributed by atoms with E-state index in [9.17, 15) is 14.5 Å². The maximum Gasteiger partial charge on any atom is 0.305 e. The van der Waals surface area contributed by atoms with Gasteiger partial charge in [0.05, 0.1) is 4.92 Å². The van der Waals surface area contributed by atoms with Crippen LogP contribution in [0, 0.1) is 15.9 Å². The van der Waals surface area contributed by atoms with E-state index in [0.717, 1.165) is 5.56 Å². The summed E-state index contributed by atoms with van der Waals surface area (Å²) in [6, 6.07) is 8.06. The van der Waals surface area contributed by atoms with Crippen LogP contribution in [0.4, 0.5) is 10.1 Å². The number of nitro benzene ring substituents is 1. The van der Waals surface area contributed by atoms with Crippen LogP contribution in [0.15, 0.2) is 42.7 Å². The third-order valence-corrected chi connectivity index (χ3v) is 3.25. The van der Waals surface area contributed by atoms with Gasteiger partial charge in [-0.3, -0.25) is 20.0 Å². The fourth-order valence-electron chi connectivity index (χ4n) is 2.10. The molecule has 0 saturated carbocycles. The second-order valence-electron chi connectivity index (χ2n) is 4.67. The second-order valence-corrected chi connectivity index (χ2v) is 4.67. The standard InChI is InChI=1S/C15H16FN3O2/c1-2-18(10-12-6-8-17-9-7-12)11-13-4-3-5-14(15(13)16)19(20)21/h3-9H,2,10-11H2,1H3. The molecule has 0 unspecified atom stereocenters. The Hall–Kier alpha value is -2.34. The molecule has 21 heavy (non-hydrogen) atoms. The first kappa shape index (κ1) is 15.1. The predicted octanol–water partition coefficient (Wildman–Crippen LogP) is 3.15. The van der Waals surface area contributed by atoms with Gasteiger partial charge in [-0.05, 0) is 24.2 Å². The van der Waals surface area contributed by atoms with Gasteiger partial charge in [0.2, 0.25) is 5.82 Å². The molecule has 0 atom stereocenters. The van der Waals surface area contributed by atoms with E-state index in [-0.39, 0.29) is 0 Å². The average Bonchev–Trinajstić information content (AvgIpc) is 2.49. The van der Waals surface area contributed by atoms with E-state index in [1.807, 2.05) is 24.0 Å². The first-order valence-corrected chi connectivity index (χ1v) is 6.65. The van der Waals surface area contributed by atoms with Gasteiger partial charge in [-0.25, -0.2) is 0 Å². The van der Waals surface area contributed by atoms with Gasteiger partial charge in [0.1, 0.15) is 0 Å². The number of aromatic nitrogens is 1. The molecule has 0 aliphatic heterocycles. The second kappa shape index (κ2) is 6.90. The van der Waals surface area contributed by atoms with Crippen LogP contribution in [0.5, 0.6) is 0 Å². The SMILES string of the molecule is CCN(Cc1ccncc1)Cc1cccc([N+](=O)[O-])c1F. The normalized spacial score (nSPS) is 10.8. The minimum Gasteiger partial charge on any atom is -0.295 e. The predicted molar refractivity (Wildman–Crippen MR) is 77.1 cm³/mol. The highest BCUT2D eigenvalue weighted by molar-refractivity contribution is 5.36. The first-order chi connectivity index (χ1) is 10.1. The van der Waals surface area contributed by atoms with Crippen molar-refractivity contribution in [2.45, 2.75) is 20.0 Å². The van der Waals surface area contributed by atoms with Gasteiger partial charge in [0.25, 0.3) is 0 Å². The van der Waals surface area contributed by atoms with E-state index in [1.165, 1.54) is 12.1 Å². The monoisotopic (exact) mass is 289 g/mol. The Labute approximate surface area is 122 Å². The van der Waals surface area contributed by atoms with Crippen molar-refractivity contribution in [2.75, 3.05) is 6.54 Å². The molecule has 0 fully saturated rings. The topological polar surface area (TPSA) is 59.3 Å². The number of hydrogen-bond donors (Lipinski definition) is 0. The van der Waals surface area contributed by atoms with Crippen molar-refractivity contribution < 1.29 is 9.31 Å². The van der Waals surface area contributed by atoms with Gasteiger partial charge < -0.3 is 0 Å². The molecule has 0 radical (unpaired) electrons. The van der Waals surface area contributed by atoms with E-state index < -0.39 is 16.4 Å². The fraction of sp³-hybridized carbons (Fsp3) is 0.267. The summed E-state index contributed by atoms with van der Waals surface area (Å²) in [5, 5.41) is 10.8. The van der Waals surface area contributed by atoms with Crippen molar-refractivity contribution in [3.05, 3.63) is 69.8 Å². The Balaban J connectivity index is 2.15. The third kappa shape index (κ3) is 3.82. The van der Waals surface area contributed by atoms with Gasteiger partial charge in [-0.2, -0.15) is 4.39 Å². The lowest BCUT2D eigenvalue weighted by Crippen LogP contribution is -2.23. The Morgan fingerprint density at radius 1 is 1.24 bits per heavy atom. The number of nitrogens with zero attached hydrogens (tertiary/aromatic N) is 3. The van der Waals surface area contributed by atoms with Crippen molar-refractivity contribution in [1.29, 1.82) is 0 Å². The van der Waals surface area contributed by atoms with Gasteiger partial charge in [-0.15, -0.1) is 0 Å². The average molecular weight is 289 g/mol. The smallest absolute Gasteiger partial charge is 0.295 e. The van der Waals surface area contributed by atoms with E-state index in [0.29, 0.717) is 25.2 Å². The number of nitro groups is 1. The van der Waals surface area contributed by atoms with Crippen molar-refractivity contribution in [2.24, 2.45) is 0 Å². The molecule has 0 N–H and O–H groups in total. The zero-order valence-corrected chi connectivity index (χ0v) is 11.7. The molecule has 2 rings (SSSR count). The summed E-state index contributed by atoms with van der Waals surface area (Å²) in [7, 11) is 0. The molecule has 0 aliphatic rings. The third-order valence-electron chi connectivity index (χ3n) is 3.25. The molecule has 1 heterocycles. The number of rotatable bonds is 6. The molecular weight excluding hydrogens is 273 g/mol. The van der Waals surface area contributed by atoms with Gasteiger partial charge in [0, 0.05) is 37.1 Å².